The molecule has 0 saturated carbocycles. The summed E-state index contributed by atoms with van der Waals surface area (Å²) in [4.78, 5) is 34.0. The minimum Gasteiger partial charge on any atom is -0.377 e. The van der Waals surface area contributed by atoms with Crippen molar-refractivity contribution >= 4 is 49.2 Å². The van der Waals surface area contributed by atoms with Crippen LogP contribution in [0.25, 0.3) is 32.6 Å². The lowest BCUT2D eigenvalue weighted by Gasteiger charge is -2.34. The molecule has 0 aromatic carbocycles. The molecule has 35 heavy (non-hydrogen) atoms. The number of ether oxygens (including phenoxy) is 1. The highest BCUT2D eigenvalue weighted by atomic mass is 32.1. The molecule has 0 spiro atoms. The van der Waals surface area contributed by atoms with Gasteiger partial charge in [0.15, 0.2) is 17.4 Å². The molecule has 1 atom stereocenters. The zero-order valence-corrected chi connectivity index (χ0v) is 20.2. The van der Waals surface area contributed by atoms with Crippen molar-refractivity contribution in [1.82, 2.24) is 19.9 Å². The Hall–Kier alpha value is -3.18. The van der Waals surface area contributed by atoms with E-state index in [9.17, 15) is 13.6 Å². The highest BCUT2D eigenvalue weighted by molar-refractivity contribution is 7.24. The van der Waals surface area contributed by atoms with Gasteiger partial charge in [0.25, 0.3) is 5.92 Å². The number of nitrogens with zero attached hydrogens (tertiary/aromatic N) is 5. The number of carbonyl (C=O) groups excluding carboxylic acids is 1. The first-order valence-electron chi connectivity index (χ1n) is 11.6. The minimum absolute atomic E-state index is 0.0573. The van der Waals surface area contributed by atoms with Crippen LogP contribution in [0.15, 0.2) is 24.5 Å². The number of fused-ring (bicyclic) bond motifs is 2. The molecule has 4 aromatic rings. The summed E-state index contributed by atoms with van der Waals surface area (Å²) in [6.45, 7) is 5.05. The van der Waals surface area contributed by atoms with E-state index in [4.69, 9.17) is 14.7 Å². The Morgan fingerprint density at radius 2 is 2.14 bits per heavy atom. The van der Waals surface area contributed by atoms with Crippen molar-refractivity contribution in [3.63, 3.8) is 0 Å². The fourth-order valence-corrected chi connectivity index (χ4v) is 6.23. The number of H-pyrrole nitrogens is 1. The first kappa shape index (κ1) is 22.3. The van der Waals surface area contributed by atoms with Crippen molar-refractivity contribution in [3.05, 3.63) is 30.1 Å². The zero-order valence-electron chi connectivity index (χ0n) is 19.3. The van der Waals surface area contributed by atoms with Crippen LogP contribution < -0.4 is 9.80 Å². The Morgan fingerprint density at radius 1 is 1.29 bits per heavy atom. The molecule has 2 fully saturated rings. The number of anilines is 2. The molecule has 1 N–H and O–H groups in total. The number of aromatic nitrogens is 4. The fraction of sp³-hybridized carbons (Fsp3) is 0.417. The molecule has 0 bridgehead atoms. The van der Waals surface area contributed by atoms with Gasteiger partial charge < -0.3 is 19.5 Å². The summed E-state index contributed by atoms with van der Waals surface area (Å²) in [6.07, 6.45) is 3.27. The summed E-state index contributed by atoms with van der Waals surface area (Å²) in [5.41, 5.74) is 2.39. The summed E-state index contributed by atoms with van der Waals surface area (Å²) >= 11 is 1.33. The number of rotatable bonds is 4. The van der Waals surface area contributed by atoms with E-state index >= 15 is 0 Å². The summed E-state index contributed by atoms with van der Waals surface area (Å²) in [5.74, 6) is -1.81. The Morgan fingerprint density at radius 3 is 2.89 bits per heavy atom. The van der Waals surface area contributed by atoms with Crippen molar-refractivity contribution in [2.24, 2.45) is 0 Å². The van der Waals surface area contributed by atoms with Crippen LogP contribution >= 0.6 is 11.3 Å². The number of halogens is 2. The van der Waals surface area contributed by atoms with Crippen LogP contribution in [0.2, 0.25) is 0 Å². The van der Waals surface area contributed by atoms with E-state index in [-0.39, 0.29) is 24.8 Å². The number of ketones is 1. The van der Waals surface area contributed by atoms with Crippen molar-refractivity contribution in [1.29, 1.82) is 0 Å². The van der Waals surface area contributed by atoms with Crippen molar-refractivity contribution in [2.45, 2.75) is 32.2 Å². The number of hydrogen-bond acceptors (Lipinski definition) is 8. The zero-order chi connectivity index (χ0) is 24.3. The quantitative estimate of drug-likeness (QED) is 0.414. The van der Waals surface area contributed by atoms with Gasteiger partial charge in [-0.2, -0.15) is 0 Å². The molecule has 0 aliphatic carbocycles. The fourth-order valence-electron chi connectivity index (χ4n) is 4.91. The topological polar surface area (TPSA) is 87.2 Å². The summed E-state index contributed by atoms with van der Waals surface area (Å²) in [5, 5.41) is 1.41. The van der Waals surface area contributed by atoms with Gasteiger partial charge in [-0.05, 0) is 26.0 Å². The Kier molecular flexibility index (Phi) is 5.22. The third kappa shape index (κ3) is 3.73. The number of pyridine rings is 1. The number of thiophene rings is 1. The molecule has 182 valence electrons. The minimum atomic E-state index is -2.78. The average Bonchev–Trinajstić information content (AvgIpc) is 3.54. The van der Waals surface area contributed by atoms with E-state index in [1.165, 1.54) is 18.3 Å². The lowest BCUT2D eigenvalue weighted by atomic mass is 10.1. The number of aromatic amines is 1. The van der Waals surface area contributed by atoms with E-state index in [1.807, 2.05) is 18.3 Å². The molecule has 0 amide bonds. The summed E-state index contributed by atoms with van der Waals surface area (Å²) in [6, 6.07) is 3.83. The van der Waals surface area contributed by atoms with Crippen LogP contribution in [-0.4, -0.2) is 70.5 Å². The second-order valence-corrected chi connectivity index (χ2v) is 10.1. The normalized spacial score (nSPS) is 20.3. The van der Waals surface area contributed by atoms with Gasteiger partial charge in [0.05, 0.1) is 36.1 Å². The Labute approximate surface area is 203 Å². The van der Waals surface area contributed by atoms with Gasteiger partial charge in [0.2, 0.25) is 0 Å². The van der Waals surface area contributed by atoms with Gasteiger partial charge in [-0.1, -0.05) is 0 Å². The SMILES string of the molecule is CC(=O)c1c(N2CCC(F)(F)C2)sc2c(N3CCOC[C@H]3C)nc(-c3ccnc4[nH]ccc34)nc12. The second kappa shape index (κ2) is 8.20. The largest absolute Gasteiger partial charge is 0.377 e. The molecule has 2 aliphatic heterocycles. The molecule has 0 unspecified atom stereocenters. The first-order chi connectivity index (χ1) is 16.8. The van der Waals surface area contributed by atoms with Crippen LogP contribution in [0.1, 0.15) is 30.6 Å². The molecule has 2 aliphatic rings. The van der Waals surface area contributed by atoms with Gasteiger partial charge in [-0.25, -0.2) is 23.7 Å². The van der Waals surface area contributed by atoms with Gasteiger partial charge >= 0.3 is 0 Å². The molecule has 6 rings (SSSR count). The van der Waals surface area contributed by atoms with E-state index in [0.717, 1.165) is 15.6 Å². The van der Waals surface area contributed by atoms with E-state index in [2.05, 4.69) is 21.8 Å². The van der Waals surface area contributed by atoms with Crippen LogP contribution in [0, 0.1) is 0 Å². The van der Waals surface area contributed by atoms with Crippen LogP contribution in [-0.2, 0) is 4.74 Å². The average molecular weight is 499 g/mol. The number of nitrogens with one attached hydrogen (secondary N) is 1. The van der Waals surface area contributed by atoms with Gasteiger partial charge in [0.1, 0.15) is 16.2 Å². The maximum atomic E-state index is 14.1. The highest BCUT2D eigenvalue weighted by Gasteiger charge is 2.41. The lowest BCUT2D eigenvalue weighted by molar-refractivity contribution is 0.0257. The molecule has 2 saturated heterocycles. The molecular formula is C24H24F2N6O2S. The maximum Gasteiger partial charge on any atom is 0.266 e. The number of alkyl halides is 2. The third-order valence-electron chi connectivity index (χ3n) is 6.65. The molecule has 0 radical (unpaired) electrons. The molecule has 11 heteroatoms. The molecule has 6 heterocycles. The number of hydrogen-bond donors (Lipinski definition) is 1. The monoisotopic (exact) mass is 498 g/mol. The van der Waals surface area contributed by atoms with Crippen LogP contribution in [0.4, 0.5) is 19.6 Å². The Balaban J connectivity index is 1.62. The van der Waals surface area contributed by atoms with Crippen LogP contribution in [0.3, 0.4) is 0 Å². The van der Waals surface area contributed by atoms with E-state index in [1.54, 1.807) is 11.1 Å². The predicted octanol–water partition coefficient (Wildman–Crippen LogP) is 4.51. The standard InChI is InChI=1S/C24H24F2N6O2S/c1-13-11-34-10-9-32(13)22-19-18(17(14(2)33)23(35-19)31-8-5-24(25,26)12-31)29-21(30-22)16-4-7-28-20-15(16)3-6-27-20/h3-4,6-7,13H,5,8-12H2,1-2H3,(H,27,28)/t13-/m1/s1. The summed E-state index contributed by atoms with van der Waals surface area (Å²) in [7, 11) is 0. The number of Topliss-reactive ketones (excluding diaryl/α,β-unsaturated/α-hetero) is 1. The maximum absolute atomic E-state index is 14.1. The molecular weight excluding hydrogens is 474 g/mol. The number of carbonyl (C=O) groups is 1. The van der Waals surface area contributed by atoms with E-state index < -0.39 is 12.5 Å². The van der Waals surface area contributed by atoms with Crippen LogP contribution in [0.5, 0.6) is 0 Å². The van der Waals surface area contributed by atoms with E-state index in [0.29, 0.717) is 53.1 Å². The predicted molar refractivity (Wildman–Crippen MR) is 132 cm³/mol. The second-order valence-electron chi connectivity index (χ2n) is 9.13. The van der Waals surface area contributed by atoms with Gasteiger partial charge in [-0.15, -0.1) is 11.3 Å². The van der Waals surface area contributed by atoms with Crippen molar-refractivity contribution < 1.29 is 18.3 Å². The van der Waals surface area contributed by atoms with Gasteiger partial charge in [-0.3, -0.25) is 4.79 Å². The summed E-state index contributed by atoms with van der Waals surface area (Å²) < 4.78 is 34.6. The molecule has 8 nitrogen and oxygen atoms in total. The first-order valence-corrected chi connectivity index (χ1v) is 12.4. The van der Waals surface area contributed by atoms with Gasteiger partial charge in [0, 0.05) is 42.9 Å². The highest BCUT2D eigenvalue weighted by Crippen LogP contribution is 2.45. The number of morpholine rings is 1. The van der Waals surface area contributed by atoms with Crippen molar-refractivity contribution in [3.8, 4) is 11.4 Å². The smallest absolute Gasteiger partial charge is 0.266 e. The Bertz CT molecular complexity index is 1450. The molecule has 4 aromatic heterocycles. The lowest BCUT2D eigenvalue weighted by Crippen LogP contribution is -2.44. The third-order valence-corrected chi connectivity index (χ3v) is 7.88. The van der Waals surface area contributed by atoms with Crippen molar-refractivity contribution in [2.75, 3.05) is 42.6 Å².